The number of anilines is 1. The van der Waals surface area contributed by atoms with Gasteiger partial charge in [0.25, 0.3) is 0 Å². The largest absolute Gasteiger partial charge is 0.383 e. The summed E-state index contributed by atoms with van der Waals surface area (Å²) in [7, 11) is 0. The Morgan fingerprint density at radius 2 is 2.22 bits per heavy atom. The normalized spacial score (nSPS) is 22.3. The molecular weight excluding hydrogens is 248 g/mol. The summed E-state index contributed by atoms with van der Waals surface area (Å²) in [6, 6.07) is 2.13. The van der Waals surface area contributed by atoms with Crippen molar-refractivity contribution in [3.63, 3.8) is 0 Å². The molecule has 96 valence electrons. The number of aromatic nitrogens is 1. The fourth-order valence-corrected chi connectivity index (χ4v) is 2.46. The van der Waals surface area contributed by atoms with Crippen LogP contribution in [0.25, 0.3) is 0 Å². The SMILES string of the molecule is CC[C@]1(C)Cc2c(C#N)c(N)n(N)c(=S)c2CO1. The molecule has 1 atom stereocenters. The van der Waals surface area contributed by atoms with Crippen LogP contribution in [-0.4, -0.2) is 10.3 Å². The fourth-order valence-electron chi connectivity index (χ4n) is 2.18. The van der Waals surface area contributed by atoms with Gasteiger partial charge in [0, 0.05) is 12.0 Å². The second-order valence-electron chi connectivity index (χ2n) is 4.77. The number of nitrogens with two attached hydrogens (primary N) is 2. The third kappa shape index (κ3) is 1.76. The summed E-state index contributed by atoms with van der Waals surface area (Å²) in [5.41, 5.74) is 7.70. The summed E-state index contributed by atoms with van der Waals surface area (Å²) < 4.78 is 7.46. The van der Waals surface area contributed by atoms with Gasteiger partial charge in [-0.2, -0.15) is 5.26 Å². The third-order valence-electron chi connectivity index (χ3n) is 3.63. The van der Waals surface area contributed by atoms with E-state index < -0.39 is 0 Å². The topological polar surface area (TPSA) is 90.0 Å². The Labute approximate surface area is 111 Å². The number of fused-ring (bicyclic) bond motifs is 1. The Hall–Kier alpha value is -1.58. The van der Waals surface area contributed by atoms with Crippen LogP contribution in [0.15, 0.2) is 0 Å². The standard InChI is InChI=1S/C12H16N4OS/c1-3-12(2)4-7-8(5-13)10(14)16(15)11(18)9(7)6-17-12/h3-4,6,14-15H2,1-2H3/t12-/m1/s1. The van der Waals surface area contributed by atoms with Crippen LogP contribution >= 0.6 is 12.2 Å². The van der Waals surface area contributed by atoms with Gasteiger partial charge in [-0.25, -0.2) is 4.68 Å². The lowest BCUT2D eigenvalue weighted by Gasteiger charge is -2.35. The summed E-state index contributed by atoms with van der Waals surface area (Å²) in [5, 5.41) is 9.26. The van der Waals surface area contributed by atoms with Crippen LogP contribution in [0.4, 0.5) is 5.82 Å². The lowest BCUT2D eigenvalue weighted by atomic mass is 9.87. The lowest BCUT2D eigenvalue weighted by Crippen LogP contribution is -2.36. The van der Waals surface area contributed by atoms with Crippen LogP contribution in [0, 0.1) is 16.0 Å². The monoisotopic (exact) mass is 264 g/mol. The van der Waals surface area contributed by atoms with Crippen molar-refractivity contribution in [3.8, 4) is 6.07 Å². The van der Waals surface area contributed by atoms with Gasteiger partial charge in [-0.1, -0.05) is 19.1 Å². The average molecular weight is 264 g/mol. The Bertz CT molecular complexity index is 602. The van der Waals surface area contributed by atoms with Crippen LogP contribution in [0.5, 0.6) is 0 Å². The van der Waals surface area contributed by atoms with Crippen LogP contribution in [0.1, 0.15) is 37.0 Å². The molecule has 0 amide bonds. The molecule has 6 heteroatoms. The van der Waals surface area contributed by atoms with Gasteiger partial charge in [-0.15, -0.1) is 0 Å². The van der Waals surface area contributed by atoms with Crippen molar-refractivity contribution in [3.05, 3.63) is 21.3 Å². The van der Waals surface area contributed by atoms with Crippen molar-refractivity contribution in [2.75, 3.05) is 11.6 Å². The Kier molecular flexibility index (Phi) is 3.05. The smallest absolute Gasteiger partial charge is 0.141 e. The van der Waals surface area contributed by atoms with Gasteiger partial charge in [0.05, 0.1) is 17.8 Å². The van der Waals surface area contributed by atoms with E-state index in [0.717, 1.165) is 17.5 Å². The first-order chi connectivity index (χ1) is 8.43. The molecule has 0 radical (unpaired) electrons. The van der Waals surface area contributed by atoms with Gasteiger partial charge in [0.15, 0.2) is 0 Å². The fraction of sp³-hybridized carbons (Fsp3) is 0.500. The molecule has 2 heterocycles. The number of hydrogen-bond donors (Lipinski definition) is 2. The molecule has 1 aromatic heterocycles. The van der Waals surface area contributed by atoms with Crippen LogP contribution in [-0.2, 0) is 17.8 Å². The molecule has 0 unspecified atom stereocenters. The van der Waals surface area contributed by atoms with Crippen molar-refractivity contribution >= 4 is 18.0 Å². The molecule has 0 saturated carbocycles. The summed E-state index contributed by atoms with van der Waals surface area (Å²) in [6.45, 7) is 4.46. The summed E-state index contributed by atoms with van der Waals surface area (Å²) in [4.78, 5) is 0. The summed E-state index contributed by atoms with van der Waals surface area (Å²) >= 11 is 5.25. The van der Waals surface area contributed by atoms with Crippen LogP contribution < -0.4 is 11.6 Å². The van der Waals surface area contributed by atoms with E-state index in [1.807, 2.05) is 6.92 Å². The Morgan fingerprint density at radius 3 is 2.78 bits per heavy atom. The average Bonchev–Trinajstić information content (AvgIpc) is 2.37. The second-order valence-corrected chi connectivity index (χ2v) is 5.16. The molecule has 0 saturated heterocycles. The summed E-state index contributed by atoms with van der Waals surface area (Å²) in [5.74, 6) is 5.99. The molecule has 0 aromatic carbocycles. The van der Waals surface area contributed by atoms with E-state index in [1.165, 1.54) is 4.68 Å². The first kappa shape index (κ1) is 12.9. The van der Waals surface area contributed by atoms with Crippen LogP contribution in [0.3, 0.4) is 0 Å². The summed E-state index contributed by atoms with van der Waals surface area (Å²) in [6.07, 6.45) is 1.50. The van der Waals surface area contributed by atoms with E-state index in [4.69, 9.17) is 28.5 Å². The van der Waals surface area contributed by atoms with Crippen LogP contribution in [0.2, 0.25) is 0 Å². The van der Waals surface area contributed by atoms with Crippen molar-refractivity contribution in [2.45, 2.75) is 38.9 Å². The zero-order valence-electron chi connectivity index (χ0n) is 10.5. The molecule has 18 heavy (non-hydrogen) atoms. The van der Waals surface area contributed by atoms with E-state index in [1.54, 1.807) is 0 Å². The molecule has 2 rings (SSSR count). The first-order valence-corrected chi connectivity index (χ1v) is 6.19. The minimum absolute atomic E-state index is 0.224. The van der Waals surface area contributed by atoms with Gasteiger partial charge < -0.3 is 16.3 Å². The molecule has 1 aromatic rings. The van der Waals surface area contributed by atoms with Gasteiger partial charge in [-0.3, -0.25) is 0 Å². The van der Waals surface area contributed by atoms with Crippen molar-refractivity contribution in [1.82, 2.24) is 4.68 Å². The van der Waals surface area contributed by atoms with E-state index in [-0.39, 0.29) is 11.4 Å². The molecule has 0 spiro atoms. The number of ether oxygens (including phenoxy) is 1. The van der Waals surface area contributed by atoms with E-state index in [9.17, 15) is 5.26 Å². The van der Waals surface area contributed by atoms with Crippen molar-refractivity contribution < 1.29 is 4.74 Å². The van der Waals surface area contributed by atoms with E-state index in [0.29, 0.717) is 23.2 Å². The number of rotatable bonds is 1. The quantitative estimate of drug-likeness (QED) is 0.594. The Morgan fingerprint density at radius 1 is 1.56 bits per heavy atom. The highest BCUT2D eigenvalue weighted by atomic mass is 32.1. The number of nitriles is 1. The number of nitrogen functional groups attached to an aromatic ring is 2. The maximum absolute atomic E-state index is 9.26. The third-order valence-corrected chi connectivity index (χ3v) is 4.08. The zero-order valence-corrected chi connectivity index (χ0v) is 11.3. The minimum atomic E-state index is -0.270. The second kappa shape index (κ2) is 4.26. The highest BCUT2D eigenvalue weighted by Crippen LogP contribution is 2.34. The number of pyridine rings is 1. The molecule has 1 aliphatic heterocycles. The van der Waals surface area contributed by atoms with Crippen molar-refractivity contribution in [2.24, 2.45) is 0 Å². The molecular formula is C12H16N4OS. The highest BCUT2D eigenvalue weighted by Gasteiger charge is 2.33. The number of hydrogen-bond acceptors (Lipinski definition) is 5. The van der Waals surface area contributed by atoms with Gasteiger partial charge >= 0.3 is 0 Å². The minimum Gasteiger partial charge on any atom is -0.383 e. The first-order valence-electron chi connectivity index (χ1n) is 5.79. The molecule has 5 nitrogen and oxygen atoms in total. The molecule has 0 bridgehead atoms. The van der Waals surface area contributed by atoms with Gasteiger partial charge in [-0.05, 0) is 18.9 Å². The molecule has 1 aliphatic rings. The maximum Gasteiger partial charge on any atom is 0.141 e. The highest BCUT2D eigenvalue weighted by molar-refractivity contribution is 7.71. The van der Waals surface area contributed by atoms with Gasteiger partial charge in [0.2, 0.25) is 0 Å². The Balaban J connectivity index is 2.71. The molecule has 0 aliphatic carbocycles. The van der Waals surface area contributed by atoms with E-state index in [2.05, 4.69) is 13.0 Å². The number of nitrogens with zero attached hydrogens (tertiary/aromatic N) is 2. The predicted molar refractivity (Wildman–Crippen MR) is 71.7 cm³/mol. The predicted octanol–water partition coefficient (Wildman–Crippen LogP) is 1.63. The maximum atomic E-state index is 9.26. The molecule has 0 fully saturated rings. The van der Waals surface area contributed by atoms with Gasteiger partial charge in [0.1, 0.15) is 16.5 Å². The van der Waals surface area contributed by atoms with E-state index >= 15 is 0 Å². The molecule has 4 N–H and O–H groups in total. The van der Waals surface area contributed by atoms with Crippen molar-refractivity contribution in [1.29, 1.82) is 5.26 Å². The lowest BCUT2D eigenvalue weighted by molar-refractivity contribution is -0.0568. The zero-order chi connectivity index (χ0) is 13.5.